The van der Waals surface area contributed by atoms with Crippen molar-refractivity contribution in [2.45, 2.75) is 36.5 Å². The van der Waals surface area contributed by atoms with E-state index in [1.807, 2.05) is 0 Å². The third kappa shape index (κ3) is 4.42. The molecule has 1 heterocycles. The summed E-state index contributed by atoms with van der Waals surface area (Å²) in [5, 5.41) is 2.17. The molecule has 1 aliphatic rings. The normalized spacial score (nSPS) is 15.8. The van der Waals surface area contributed by atoms with Gasteiger partial charge in [-0.25, -0.2) is 13.4 Å². The average Bonchev–Trinajstić information content (AvgIpc) is 3.20. The summed E-state index contributed by atoms with van der Waals surface area (Å²) < 4.78 is 60.8. The fourth-order valence-corrected chi connectivity index (χ4v) is 2.74. The number of nitrogens with zero attached hydrogens (tertiary/aromatic N) is 1. The van der Waals surface area contributed by atoms with Gasteiger partial charge in [0.1, 0.15) is 0 Å². The van der Waals surface area contributed by atoms with E-state index in [1.54, 1.807) is 0 Å². The molecule has 0 spiro atoms. The molecule has 0 aromatic carbocycles. The van der Waals surface area contributed by atoms with Crippen LogP contribution in [0.25, 0.3) is 0 Å². The Labute approximate surface area is 119 Å². The molecule has 9 heteroatoms. The van der Waals surface area contributed by atoms with E-state index in [4.69, 9.17) is 0 Å². The summed E-state index contributed by atoms with van der Waals surface area (Å²) in [4.78, 5) is 14.7. The summed E-state index contributed by atoms with van der Waals surface area (Å²) in [5.74, 6) is -0.864. The van der Waals surface area contributed by atoms with Crippen molar-refractivity contribution in [1.29, 1.82) is 0 Å². The largest absolute Gasteiger partial charge is 0.417 e. The molecule has 21 heavy (non-hydrogen) atoms. The van der Waals surface area contributed by atoms with Crippen LogP contribution >= 0.6 is 0 Å². The topological polar surface area (TPSA) is 76.1 Å². The van der Waals surface area contributed by atoms with Crippen LogP contribution in [0.5, 0.6) is 0 Å². The van der Waals surface area contributed by atoms with Gasteiger partial charge in [0.2, 0.25) is 5.91 Å². The highest BCUT2D eigenvalue weighted by Gasteiger charge is 2.31. The zero-order valence-electron chi connectivity index (χ0n) is 10.9. The molecule has 1 fully saturated rings. The number of aromatic nitrogens is 1. The smallest absolute Gasteiger partial charge is 0.353 e. The molecule has 1 aromatic heterocycles. The number of rotatable bonds is 5. The Morgan fingerprint density at radius 2 is 2.00 bits per heavy atom. The fourth-order valence-electron chi connectivity index (χ4n) is 1.59. The molecule has 0 aliphatic heterocycles. The van der Waals surface area contributed by atoms with Crippen molar-refractivity contribution in [2.75, 3.05) is 5.75 Å². The minimum Gasteiger partial charge on any atom is -0.353 e. The number of hydrogen-bond donors (Lipinski definition) is 1. The zero-order chi connectivity index (χ0) is 15.7. The number of carbonyl (C=O) groups is 1. The number of pyridine rings is 1. The van der Waals surface area contributed by atoms with Gasteiger partial charge >= 0.3 is 6.18 Å². The standard InChI is InChI=1S/C12H13F3N2O3S/c13-12(14,15)8-1-4-11(16-7-8)21(19,20)6-5-10(18)17-9-2-3-9/h1,4,7,9H,2-3,5-6H2,(H,17,18). The lowest BCUT2D eigenvalue weighted by atomic mass is 10.3. The fraction of sp³-hybridized carbons (Fsp3) is 0.500. The molecular formula is C12H13F3N2O3S. The zero-order valence-corrected chi connectivity index (χ0v) is 11.7. The lowest BCUT2D eigenvalue weighted by Crippen LogP contribution is -2.27. The molecule has 116 valence electrons. The van der Waals surface area contributed by atoms with Gasteiger partial charge < -0.3 is 5.32 Å². The van der Waals surface area contributed by atoms with Crippen molar-refractivity contribution in [1.82, 2.24) is 10.3 Å². The lowest BCUT2D eigenvalue weighted by Gasteiger charge is -2.07. The van der Waals surface area contributed by atoms with Gasteiger partial charge in [-0.3, -0.25) is 4.79 Å². The van der Waals surface area contributed by atoms with Gasteiger partial charge in [-0.2, -0.15) is 13.2 Å². The first kappa shape index (κ1) is 15.7. The van der Waals surface area contributed by atoms with Gasteiger partial charge in [-0.1, -0.05) is 0 Å². The summed E-state index contributed by atoms with van der Waals surface area (Å²) in [6.45, 7) is 0. The van der Waals surface area contributed by atoms with Gasteiger partial charge in [0.05, 0.1) is 11.3 Å². The van der Waals surface area contributed by atoms with E-state index in [1.165, 1.54) is 0 Å². The SMILES string of the molecule is O=C(CCS(=O)(=O)c1ccc(C(F)(F)F)cn1)NC1CC1. The Morgan fingerprint density at radius 3 is 2.48 bits per heavy atom. The molecule has 1 N–H and O–H groups in total. The van der Waals surface area contributed by atoms with Gasteiger partial charge in [-0.05, 0) is 25.0 Å². The van der Waals surface area contributed by atoms with E-state index in [0.29, 0.717) is 12.3 Å². The molecule has 0 saturated heterocycles. The number of carbonyl (C=O) groups excluding carboxylic acids is 1. The number of alkyl halides is 3. The van der Waals surface area contributed by atoms with Crippen molar-refractivity contribution in [3.63, 3.8) is 0 Å². The van der Waals surface area contributed by atoms with Crippen LogP contribution in [0.4, 0.5) is 13.2 Å². The van der Waals surface area contributed by atoms with E-state index in [2.05, 4.69) is 10.3 Å². The summed E-state index contributed by atoms with van der Waals surface area (Å²) in [5.41, 5.74) is -1.02. The van der Waals surface area contributed by atoms with E-state index in [-0.39, 0.29) is 18.4 Å². The summed E-state index contributed by atoms with van der Waals surface area (Å²) in [7, 11) is -3.87. The van der Waals surface area contributed by atoms with Crippen LogP contribution in [0.15, 0.2) is 23.4 Å². The maximum absolute atomic E-state index is 12.4. The molecule has 5 nitrogen and oxygen atoms in total. The number of sulfone groups is 1. The average molecular weight is 322 g/mol. The van der Waals surface area contributed by atoms with E-state index in [9.17, 15) is 26.4 Å². The van der Waals surface area contributed by atoms with Crippen LogP contribution in [0.3, 0.4) is 0 Å². The van der Waals surface area contributed by atoms with Crippen molar-refractivity contribution < 1.29 is 26.4 Å². The van der Waals surface area contributed by atoms with Crippen molar-refractivity contribution >= 4 is 15.7 Å². The quantitative estimate of drug-likeness (QED) is 0.892. The summed E-state index contributed by atoms with van der Waals surface area (Å²) in [6.07, 6.45) is -2.56. The summed E-state index contributed by atoms with van der Waals surface area (Å²) in [6, 6.07) is 1.59. The van der Waals surface area contributed by atoms with Gasteiger partial charge in [-0.15, -0.1) is 0 Å². The Hall–Kier alpha value is -1.64. The summed E-state index contributed by atoms with van der Waals surface area (Å²) >= 11 is 0. The van der Waals surface area contributed by atoms with Crippen molar-refractivity contribution in [2.24, 2.45) is 0 Å². The molecule has 1 amide bonds. The van der Waals surface area contributed by atoms with E-state index in [0.717, 1.165) is 18.9 Å². The number of nitrogens with one attached hydrogen (secondary N) is 1. The minimum atomic E-state index is -4.57. The third-order valence-electron chi connectivity index (χ3n) is 2.92. The second-order valence-electron chi connectivity index (χ2n) is 4.79. The Kier molecular flexibility index (Phi) is 4.22. The second-order valence-corrected chi connectivity index (χ2v) is 6.85. The van der Waals surface area contributed by atoms with Crippen molar-refractivity contribution in [3.05, 3.63) is 23.9 Å². The highest BCUT2D eigenvalue weighted by Crippen LogP contribution is 2.28. The van der Waals surface area contributed by atoms with Gasteiger partial charge in [0.15, 0.2) is 14.9 Å². The number of halogens is 3. The van der Waals surface area contributed by atoms with Crippen molar-refractivity contribution in [3.8, 4) is 0 Å². The first-order valence-corrected chi connectivity index (χ1v) is 7.89. The predicted octanol–water partition coefficient (Wildman–Crippen LogP) is 1.54. The van der Waals surface area contributed by atoms with Crippen LogP contribution in [0.1, 0.15) is 24.8 Å². The van der Waals surface area contributed by atoms with Gasteiger partial charge in [0, 0.05) is 18.7 Å². The maximum Gasteiger partial charge on any atom is 0.417 e. The molecule has 2 rings (SSSR count). The highest BCUT2D eigenvalue weighted by atomic mass is 32.2. The van der Waals surface area contributed by atoms with E-state index < -0.39 is 32.4 Å². The maximum atomic E-state index is 12.4. The predicted molar refractivity (Wildman–Crippen MR) is 67.1 cm³/mol. The molecule has 0 bridgehead atoms. The monoisotopic (exact) mass is 322 g/mol. The molecule has 1 saturated carbocycles. The molecule has 1 aliphatic carbocycles. The molecule has 1 aromatic rings. The van der Waals surface area contributed by atoms with Crippen LogP contribution in [-0.4, -0.2) is 31.1 Å². The Bertz CT molecular complexity index is 622. The number of amides is 1. The molecule has 0 radical (unpaired) electrons. The first-order chi connectivity index (χ1) is 9.68. The second kappa shape index (κ2) is 5.63. The minimum absolute atomic E-state index is 0.129. The Morgan fingerprint density at radius 1 is 1.33 bits per heavy atom. The van der Waals surface area contributed by atoms with E-state index >= 15 is 0 Å². The lowest BCUT2D eigenvalue weighted by molar-refractivity contribution is -0.137. The van der Waals surface area contributed by atoms with Gasteiger partial charge in [0.25, 0.3) is 0 Å². The highest BCUT2D eigenvalue weighted by molar-refractivity contribution is 7.91. The first-order valence-electron chi connectivity index (χ1n) is 6.24. The number of hydrogen-bond acceptors (Lipinski definition) is 4. The third-order valence-corrected chi connectivity index (χ3v) is 4.54. The van der Waals surface area contributed by atoms with Crippen LogP contribution in [0, 0.1) is 0 Å². The molecule has 0 unspecified atom stereocenters. The molecular weight excluding hydrogens is 309 g/mol. The Balaban J connectivity index is 1.99. The van der Waals surface area contributed by atoms with Crippen LogP contribution in [-0.2, 0) is 20.8 Å². The van der Waals surface area contributed by atoms with Crippen LogP contribution in [0.2, 0.25) is 0 Å². The molecule has 0 atom stereocenters. The van der Waals surface area contributed by atoms with Crippen LogP contribution < -0.4 is 5.32 Å².